The summed E-state index contributed by atoms with van der Waals surface area (Å²) in [5.41, 5.74) is 1.02. The van der Waals surface area contributed by atoms with Crippen LogP contribution in [-0.2, 0) is 0 Å². The smallest absolute Gasteiger partial charge is 0.183 e. The highest BCUT2D eigenvalue weighted by atomic mass is 32.1. The molecule has 18 heavy (non-hydrogen) atoms. The zero-order valence-corrected chi connectivity index (χ0v) is 11.9. The maximum atomic E-state index is 5.71. The largest absolute Gasteiger partial charge is 0.492 e. The SMILES string of the molecule is CCNc1nc2ccc(OCCN(C)C)cc2s1. The molecule has 0 saturated carbocycles. The molecular weight excluding hydrogens is 246 g/mol. The van der Waals surface area contributed by atoms with Gasteiger partial charge in [0.25, 0.3) is 0 Å². The number of likely N-dealkylation sites (N-methyl/N-ethyl adjacent to an activating group) is 1. The molecule has 0 unspecified atom stereocenters. The maximum absolute atomic E-state index is 5.71. The van der Waals surface area contributed by atoms with Crippen molar-refractivity contribution in [1.82, 2.24) is 9.88 Å². The minimum absolute atomic E-state index is 0.706. The molecule has 0 aliphatic rings. The average molecular weight is 265 g/mol. The predicted molar refractivity (Wildman–Crippen MR) is 77.8 cm³/mol. The molecule has 0 radical (unpaired) electrons. The number of nitrogens with one attached hydrogen (secondary N) is 1. The van der Waals surface area contributed by atoms with Gasteiger partial charge in [-0.2, -0.15) is 0 Å². The van der Waals surface area contributed by atoms with Gasteiger partial charge in [-0.05, 0) is 39.2 Å². The Kier molecular flexibility index (Phi) is 4.38. The fourth-order valence-corrected chi connectivity index (χ4v) is 2.53. The Morgan fingerprint density at radius 1 is 1.39 bits per heavy atom. The molecular formula is C13H19N3OS. The van der Waals surface area contributed by atoms with Crippen molar-refractivity contribution >= 4 is 26.7 Å². The summed E-state index contributed by atoms with van der Waals surface area (Å²) in [6.07, 6.45) is 0. The second-order valence-electron chi connectivity index (χ2n) is 4.33. The fraction of sp³-hybridized carbons (Fsp3) is 0.462. The molecule has 0 bridgehead atoms. The van der Waals surface area contributed by atoms with Gasteiger partial charge in [0.05, 0.1) is 10.2 Å². The van der Waals surface area contributed by atoms with E-state index in [4.69, 9.17) is 4.74 Å². The van der Waals surface area contributed by atoms with Crippen molar-refractivity contribution < 1.29 is 4.74 Å². The second kappa shape index (κ2) is 6.02. The van der Waals surface area contributed by atoms with Crippen LogP contribution < -0.4 is 10.1 Å². The summed E-state index contributed by atoms with van der Waals surface area (Å²) in [6, 6.07) is 6.05. The van der Waals surface area contributed by atoms with Crippen LogP contribution in [0.3, 0.4) is 0 Å². The van der Waals surface area contributed by atoms with E-state index < -0.39 is 0 Å². The number of fused-ring (bicyclic) bond motifs is 1. The van der Waals surface area contributed by atoms with Crippen LogP contribution in [0, 0.1) is 0 Å². The molecule has 4 nitrogen and oxygen atoms in total. The average Bonchev–Trinajstić information content (AvgIpc) is 2.70. The van der Waals surface area contributed by atoms with Gasteiger partial charge in [0.2, 0.25) is 0 Å². The lowest BCUT2D eigenvalue weighted by Crippen LogP contribution is -2.19. The number of rotatable bonds is 6. The number of hydrogen-bond acceptors (Lipinski definition) is 5. The van der Waals surface area contributed by atoms with Crippen LogP contribution in [0.4, 0.5) is 5.13 Å². The number of ether oxygens (including phenoxy) is 1. The van der Waals surface area contributed by atoms with Crippen molar-refractivity contribution in [1.29, 1.82) is 0 Å². The number of aromatic nitrogens is 1. The lowest BCUT2D eigenvalue weighted by molar-refractivity contribution is 0.261. The zero-order valence-electron chi connectivity index (χ0n) is 11.1. The first-order valence-electron chi connectivity index (χ1n) is 6.11. The Morgan fingerprint density at radius 2 is 2.22 bits per heavy atom. The number of nitrogens with zero attached hydrogens (tertiary/aromatic N) is 2. The summed E-state index contributed by atoms with van der Waals surface area (Å²) >= 11 is 1.66. The third-order valence-corrected chi connectivity index (χ3v) is 3.47. The van der Waals surface area contributed by atoms with Gasteiger partial charge in [-0.15, -0.1) is 0 Å². The highest BCUT2D eigenvalue weighted by molar-refractivity contribution is 7.22. The molecule has 2 aromatic rings. The van der Waals surface area contributed by atoms with E-state index in [0.29, 0.717) is 6.61 Å². The summed E-state index contributed by atoms with van der Waals surface area (Å²) in [5, 5.41) is 4.20. The summed E-state index contributed by atoms with van der Waals surface area (Å²) in [5.74, 6) is 0.913. The van der Waals surface area contributed by atoms with Gasteiger partial charge >= 0.3 is 0 Å². The Hall–Kier alpha value is -1.33. The van der Waals surface area contributed by atoms with Crippen molar-refractivity contribution in [2.75, 3.05) is 39.1 Å². The molecule has 0 fully saturated rings. The normalized spacial score (nSPS) is 11.1. The summed E-state index contributed by atoms with van der Waals surface area (Å²) < 4.78 is 6.87. The third-order valence-electron chi connectivity index (χ3n) is 2.50. The van der Waals surface area contributed by atoms with Crippen LogP contribution >= 0.6 is 11.3 Å². The summed E-state index contributed by atoms with van der Waals surface area (Å²) in [4.78, 5) is 6.60. The van der Waals surface area contributed by atoms with Crippen LogP contribution in [0.1, 0.15) is 6.92 Å². The van der Waals surface area contributed by atoms with E-state index in [9.17, 15) is 0 Å². The van der Waals surface area contributed by atoms with Crippen LogP contribution in [-0.4, -0.2) is 43.7 Å². The first-order valence-corrected chi connectivity index (χ1v) is 6.92. The quantitative estimate of drug-likeness (QED) is 0.871. The van der Waals surface area contributed by atoms with E-state index in [0.717, 1.165) is 34.2 Å². The molecule has 5 heteroatoms. The Bertz CT molecular complexity index is 510. The van der Waals surface area contributed by atoms with Crippen LogP contribution in [0.2, 0.25) is 0 Å². The standard InChI is InChI=1S/C13H19N3OS/c1-4-14-13-15-11-6-5-10(9-12(11)18-13)17-8-7-16(2)3/h5-6,9H,4,7-8H2,1-3H3,(H,14,15). The van der Waals surface area contributed by atoms with Crippen molar-refractivity contribution in [3.63, 3.8) is 0 Å². The second-order valence-corrected chi connectivity index (χ2v) is 5.36. The minimum Gasteiger partial charge on any atom is -0.492 e. The fourth-order valence-electron chi connectivity index (χ4n) is 1.57. The highest BCUT2D eigenvalue weighted by Crippen LogP contribution is 2.29. The molecule has 1 heterocycles. The molecule has 0 saturated heterocycles. The highest BCUT2D eigenvalue weighted by Gasteiger charge is 2.04. The zero-order chi connectivity index (χ0) is 13.0. The summed E-state index contributed by atoms with van der Waals surface area (Å²) in [7, 11) is 4.08. The number of thiazole rings is 1. The molecule has 0 spiro atoms. The Morgan fingerprint density at radius 3 is 2.94 bits per heavy atom. The van der Waals surface area contributed by atoms with Crippen LogP contribution in [0.25, 0.3) is 10.2 Å². The molecule has 1 aromatic heterocycles. The number of anilines is 1. The van der Waals surface area contributed by atoms with Crippen molar-refractivity contribution in [3.05, 3.63) is 18.2 Å². The molecule has 2 rings (SSSR count). The van der Waals surface area contributed by atoms with Gasteiger partial charge < -0.3 is 15.0 Å². The number of hydrogen-bond donors (Lipinski definition) is 1. The van der Waals surface area contributed by atoms with Crippen molar-refractivity contribution in [2.24, 2.45) is 0 Å². The molecule has 0 aliphatic heterocycles. The molecule has 1 aromatic carbocycles. The van der Waals surface area contributed by atoms with Gasteiger partial charge in [0.1, 0.15) is 12.4 Å². The van der Waals surface area contributed by atoms with Gasteiger partial charge in [-0.3, -0.25) is 0 Å². The van der Waals surface area contributed by atoms with Crippen LogP contribution in [0.5, 0.6) is 5.75 Å². The van der Waals surface area contributed by atoms with E-state index in [2.05, 4.69) is 28.2 Å². The monoisotopic (exact) mass is 265 g/mol. The lowest BCUT2D eigenvalue weighted by atomic mass is 10.3. The van der Waals surface area contributed by atoms with E-state index in [1.807, 2.05) is 26.2 Å². The van der Waals surface area contributed by atoms with Gasteiger partial charge in [0.15, 0.2) is 5.13 Å². The van der Waals surface area contributed by atoms with Gasteiger partial charge in [-0.25, -0.2) is 4.98 Å². The molecule has 0 atom stereocenters. The summed E-state index contributed by atoms with van der Waals surface area (Å²) in [6.45, 7) is 4.59. The van der Waals surface area contributed by atoms with E-state index in [1.165, 1.54) is 0 Å². The van der Waals surface area contributed by atoms with E-state index >= 15 is 0 Å². The molecule has 0 amide bonds. The topological polar surface area (TPSA) is 37.4 Å². The first-order chi connectivity index (χ1) is 8.69. The van der Waals surface area contributed by atoms with Crippen molar-refractivity contribution in [3.8, 4) is 5.75 Å². The van der Waals surface area contributed by atoms with Gasteiger partial charge in [-0.1, -0.05) is 11.3 Å². The Balaban J connectivity index is 2.06. The Labute approximate surface area is 112 Å². The van der Waals surface area contributed by atoms with Crippen LogP contribution in [0.15, 0.2) is 18.2 Å². The van der Waals surface area contributed by atoms with Gasteiger partial charge in [0, 0.05) is 13.1 Å². The molecule has 1 N–H and O–H groups in total. The van der Waals surface area contributed by atoms with E-state index in [-0.39, 0.29) is 0 Å². The van der Waals surface area contributed by atoms with Crippen molar-refractivity contribution in [2.45, 2.75) is 6.92 Å². The predicted octanol–water partition coefficient (Wildman–Crippen LogP) is 2.67. The van der Waals surface area contributed by atoms with E-state index in [1.54, 1.807) is 11.3 Å². The first kappa shape index (κ1) is 13.1. The third kappa shape index (κ3) is 3.34. The maximum Gasteiger partial charge on any atom is 0.183 e. The lowest BCUT2D eigenvalue weighted by Gasteiger charge is -2.10. The minimum atomic E-state index is 0.706. The molecule has 98 valence electrons. The molecule has 0 aliphatic carbocycles. The number of benzene rings is 1.